The van der Waals surface area contributed by atoms with E-state index in [1.54, 1.807) is 30.3 Å². The molecule has 2 N–H and O–H groups in total. The van der Waals surface area contributed by atoms with Crippen LogP contribution in [0.5, 0.6) is 5.75 Å². The van der Waals surface area contributed by atoms with Crippen LogP contribution < -0.4 is 15.4 Å². The van der Waals surface area contributed by atoms with E-state index in [0.717, 1.165) is 29.9 Å². The monoisotopic (exact) mass is 384 g/mol. The van der Waals surface area contributed by atoms with Crippen LogP contribution in [-0.2, 0) is 9.59 Å². The van der Waals surface area contributed by atoms with Crippen LogP contribution in [-0.4, -0.2) is 23.7 Å². The van der Waals surface area contributed by atoms with E-state index in [2.05, 4.69) is 6.92 Å². The zero-order chi connectivity index (χ0) is 19.2. The number of amides is 2. The van der Waals surface area contributed by atoms with Crippen molar-refractivity contribution in [3.63, 3.8) is 0 Å². The topological polar surface area (TPSA) is 72.6 Å². The van der Waals surface area contributed by atoms with E-state index in [1.807, 2.05) is 18.2 Å². The highest BCUT2D eigenvalue weighted by atomic mass is 32.2. The largest absolute Gasteiger partial charge is 0.494 e. The molecule has 0 radical (unpaired) electrons. The number of carbonyl (C=O) groups is 2. The molecule has 1 atom stereocenters. The lowest BCUT2D eigenvalue weighted by molar-refractivity contribution is -0.121. The number of thioether (sulfide) groups is 1. The van der Waals surface area contributed by atoms with Gasteiger partial charge in [0.2, 0.25) is 11.8 Å². The molecule has 2 aromatic rings. The number of ether oxygens (including phenoxy) is 1. The molecule has 0 aliphatic carbocycles. The molecule has 6 heteroatoms. The predicted molar refractivity (Wildman–Crippen MR) is 109 cm³/mol. The molecule has 1 saturated heterocycles. The van der Waals surface area contributed by atoms with Crippen LogP contribution in [0.15, 0.2) is 53.4 Å². The van der Waals surface area contributed by atoms with Crippen LogP contribution in [0.1, 0.15) is 32.6 Å². The maximum Gasteiger partial charge on any atom is 0.247 e. The maximum atomic E-state index is 12.8. The van der Waals surface area contributed by atoms with E-state index in [0.29, 0.717) is 18.0 Å². The molecule has 5 nitrogen and oxygen atoms in total. The Morgan fingerprint density at radius 1 is 1.15 bits per heavy atom. The molecule has 0 unspecified atom stereocenters. The highest BCUT2D eigenvalue weighted by Gasteiger charge is 2.40. The third kappa shape index (κ3) is 4.83. The zero-order valence-corrected chi connectivity index (χ0v) is 16.2. The van der Waals surface area contributed by atoms with Crippen LogP contribution in [0.3, 0.4) is 0 Å². The van der Waals surface area contributed by atoms with Crippen molar-refractivity contribution in [1.82, 2.24) is 0 Å². The molecule has 3 rings (SSSR count). The second-order valence-corrected chi connectivity index (χ2v) is 7.78. The van der Waals surface area contributed by atoms with Crippen LogP contribution in [0.25, 0.3) is 0 Å². The van der Waals surface area contributed by atoms with Crippen molar-refractivity contribution in [2.45, 2.75) is 42.8 Å². The third-order valence-corrected chi connectivity index (χ3v) is 5.53. The molecule has 0 bridgehead atoms. The average molecular weight is 385 g/mol. The van der Waals surface area contributed by atoms with Gasteiger partial charge in [-0.15, -0.1) is 11.8 Å². The van der Waals surface area contributed by atoms with Crippen LogP contribution in [0.4, 0.5) is 11.4 Å². The number of unbranched alkanes of at least 4 members (excludes halogenated alkanes) is 2. The van der Waals surface area contributed by atoms with Crippen molar-refractivity contribution in [1.29, 1.82) is 0 Å². The normalized spacial score (nSPS) is 16.8. The summed E-state index contributed by atoms with van der Waals surface area (Å²) in [5.74, 6) is 0.377. The van der Waals surface area contributed by atoms with Crippen LogP contribution in [0.2, 0.25) is 0 Å². The third-order valence-electron chi connectivity index (χ3n) is 4.35. The number of hydrogen-bond donors (Lipinski definition) is 1. The van der Waals surface area contributed by atoms with Gasteiger partial charge in [0.25, 0.3) is 0 Å². The van der Waals surface area contributed by atoms with Gasteiger partial charge in [-0.1, -0.05) is 25.8 Å². The second-order valence-electron chi connectivity index (χ2n) is 6.50. The number of carbonyl (C=O) groups excluding carboxylic acids is 2. The van der Waals surface area contributed by atoms with Crippen molar-refractivity contribution in [2.24, 2.45) is 0 Å². The summed E-state index contributed by atoms with van der Waals surface area (Å²) in [6.45, 7) is 2.82. The number of hydrogen-bond acceptors (Lipinski definition) is 5. The summed E-state index contributed by atoms with van der Waals surface area (Å²) in [4.78, 5) is 27.3. The van der Waals surface area contributed by atoms with Gasteiger partial charge in [-0.25, -0.2) is 4.90 Å². The SMILES string of the molecule is CCCCCOc1ccc(N2C(=O)C[C@@H](Sc3cccc(N)c3)C2=O)cc1. The van der Waals surface area contributed by atoms with Gasteiger partial charge in [0.15, 0.2) is 0 Å². The predicted octanol–water partition coefficient (Wildman–Crippen LogP) is 4.26. The van der Waals surface area contributed by atoms with Gasteiger partial charge in [0.05, 0.1) is 17.5 Å². The quantitative estimate of drug-likeness (QED) is 0.418. The van der Waals surface area contributed by atoms with Crippen molar-refractivity contribution >= 4 is 35.0 Å². The first-order valence-electron chi connectivity index (χ1n) is 9.20. The minimum absolute atomic E-state index is 0.182. The van der Waals surface area contributed by atoms with E-state index in [9.17, 15) is 9.59 Å². The first kappa shape index (κ1) is 19.3. The number of rotatable bonds is 8. The van der Waals surface area contributed by atoms with E-state index >= 15 is 0 Å². The summed E-state index contributed by atoms with van der Waals surface area (Å²) in [6.07, 6.45) is 3.50. The first-order chi connectivity index (χ1) is 13.1. The highest BCUT2D eigenvalue weighted by molar-refractivity contribution is 8.00. The lowest BCUT2D eigenvalue weighted by atomic mass is 10.2. The summed E-state index contributed by atoms with van der Waals surface area (Å²) in [6, 6.07) is 14.5. The van der Waals surface area contributed by atoms with Gasteiger partial charge in [-0.3, -0.25) is 9.59 Å². The van der Waals surface area contributed by atoms with E-state index in [-0.39, 0.29) is 18.2 Å². The number of imide groups is 1. The summed E-state index contributed by atoms with van der Waals surface area (Å²) in [5, 5.41) is -0.427. The number of anilines is 2. The Morgan fingerprint density at radius 2 is 1.93 bits per heavy atom. The van der Waals surface area contributed by atoms with Gasteiger partial charge in [0.1, 0.15) is 5.75 Å². The standard InChI is InChI=1S/C21H24N2O3S/c1-2-3-4-12-26-17-10-8-16(9-11-17)23-20(24)14-19(21(23)25)27-18-7-5-6-15(22)13-18/h5-11,13,19H,2-4,12,14,22H2,1H3/t19-/m1/s1. The molecule has 0 spiro atoms. The van der Waals surface area contributed by atoms with Crippen molar-refractivity contribution in [3.05, 3.63) is 48.5 Å². The van der Waals surface area contributed by atoms with E-state index < -0.39 is 5.25 Å². The fourth-order valence-corrected chi connectivity index (χ4v) is 4.07. The Morgan fingerprint density at radius 3 is 2.63 bits per heavy atom. The lowest BCUT2D eigenvalue weighted by Crippen LogP contribution is -2.31. The number of nitrogens with two attached hydrogens (primary N) is 1. The Bertz CT molecular complexity index is 807. The van der Waals surface area contributed by atoms with Gasteiger partial charge < -0.3 is 10.5 Å². The smallest absolute Gasteiger partial charge is 0.247 e. The van der Waals surface area contributed by atoms with E-state index in [4.69, 9.17) is 10.5 Å². The summed E-state index contributed by atoms with van der Waals surface area (Å²) >= 11 is 1.38. The Hall–Kier alpha value is -2.47. The van der Waals surface area contributed by atoms with Crippen molar-refractivity contribution in [2.75, 3.05) is 17.2 Å². The number of nitrogen functional groups attached to an aromatic ring is 1. The molecule has 27 heavy (non-hydrogen) atoms. The van der Waals surface area contributed by atoms with Crippen LogP contribution >= 0.6 is 11.8 Å². The molecule has 0 aromatic heterocycles. The molecule has 1 fully saturated rings. The molecular formula is C21H24N2O3S. The van der Waals surface area contributed by atoms with Gasteiger partial charge >= 0.3 is 0 Å². The molecular weight excluding hydrogens is 360 g/mol. The van der Waals surface area contributed by atoms with Crippen molar-refractivity contribution < 1.29 is 14.3 Å². The molecule has 1 aliphatic heterocycles. The Balaban J connectivity index is 1.64. The molecule has 142 valence electrons. The highest BCUT2D eigenvalue weighted by Crippen LogP contribution is 2.34. The van der Waals surface area contributed by atoms with Crippen molar-refractivity contribution in [3.8, 4) is 5.75 Å². The van der Waals surface area contributed by atoms with E-state index in [1.165, 1.54) is 16.7 Å². The fraction of sp³-hybridized carbons (Fsp3) is 0.333. The Kier molecular flexibility index (Phi) is 6.40. The molecule has 2 aromatic carbocycles. The first-order valence-corrected chi connectivity index (χ1v) is 10.1. The summed E-state index contributed by atoms with van der Waals surface area (Å²) in [7, 11) is 0. The zero-order valence-electron chi connectivity index (χ0n) is 15.4. The Labute approximate surface area is 163 Å². The molecule has 2 amide bonds. The maximum absolute atomic E-state index is 12.8. The fourth-order valence-electron chi connectivity index (χ4n) is 2.95. The van der Waals surface area contributed by atoms with Gasteiger partial charge in [0, 0.05) is 17.0 Å². The van der Waals surface area contributed by atoms with Gasteiger partial charge in [-0.05, 0) is 48.9 Å². The average Bonchev–Trinajstić information content (AvgIpc) is 2.93. The van der Waals surface area contributed by atoms with Crippen LogP contribution in [0, 0.1) is 0 Å². The minimum Gasteiger partial charge on any atom is -0.494 e. The number of nitrogens with zero attached hydrogens (tertiary/aromatic N) is 1. The summed E-state index contributed by atoms with van der Waals surface area (Å²) in [5.41, 5.74) is 7.02. The minimum atomic E-state index is -0.427. The molecule has 1 heterocycles. The lowest BCUT2D eigenvalue weighted by Gasteiger charge is -2.15. The second kappa shape index (κ2) is 8.95. The summed E-state index contributed by atoms with van der Waals surface area (Å²) < 4.78 is 5.69. The van der Waals surface area contributed by atoms with Gasteiger partial charge in [-0.2, -0.15) is 0 Å². The number of benzene rings is 2. The molecule has 1 aliphatic rings. The molecule has 0 saturated carbocycles.